The molecule has 0 aromatic heterocycles. The van der Waals surface area contributed by atoms with Gasteiger partial charge in [0.1, 0.15) is 11.5 Å². The molecular formula is C15H15BrClNO2. The van der Waals surface area contributed by atoms with Crippen LogP contribution in [0.5, 0.6) is 11.5 Å². The van der Waals surface area contributed by atoms with Gasteiger partial charge in [-0.25, -0.2) is 0 Å². The van der Waals surface area contributed by atoms with Crippen LogP contribution < -0.4 is 14.8 Å². The van der Waals surface area contributed by atoms with E-state index in [2.05, 4.69) is 21.2 Å². The lowest BCUT2D eigenvalue weighted by molar-refractivity contribution is 0.410. The Morgan fingerprint density at radius 3 is 2.40 bits per heavy atom. The molecule has 2 aromatic rings. The predicted molar refractivity (Wildman–Crippen MR) is 86.0 cm³/mol. The van der Waals surface area contributed by atoms with Crippen molar-refractivity contribution in [2.24, 2.45) is 0 Å². The van der Waals surface area contributed by atoms with Crippen LogP contribution in [0.15, 0.2) is 40.9 Å². The van der Waals surface area contributed by atoms with Gasteiger partial charge in [-0.2, -0.15) is 0 Å². The van der Waals surface area contributed by atoms with Gasteiger partial charge in [-0.15, -0.1) is 0 Å². The van der Waals surface area contributed by atoms with Gasteiger partial charge in [0.2, 0.25) is 0 Å². The van der Waals surface area contributed by atoms with E-state index in [-0.39, 0.29) is 0 Å². The first-order valence-corrected chi connectivity index (χ1v) is 7.21. The van der Waals surface area contributed by atoms with Crippen LogP contribution in [0.3, 0.4) is 0 Å². The van der Waals surface area contributed by atoms with Crippen molar-refractivity contribution in [3.8, 4) is 11.5 Å². The van der Waals surface area contributed by atoms with Gasteiger partial charge in [0.15, 0.2) is 0 Å². The lowest BCUT2D eigenvalue weighted by atomic mass is 10.2. The third-order valence-corrected chi connectivity index (χ3v) is 3.67. The average molecular weight is 357 g/mol. The molecular weight excluding hydrogens is 342 g/mol. The minimum absolute atomic E-state index is 0.582. The summed E-state index contributed by atoms with van der Waals surface area (Å²) in [7, 11) is 3.26. The normalized spacial score (nSPS) is 10.2. The molecule has 0 fully saturated rings. The molecule has 2 rings (SSSR count). The zero-order chi connectivity index (χ0) is 14.5. The highest BCUT2D eigenvalue weighted by Crippen LogP contribution is 2.28. The Balaban J connectivity index is 2.12. The molecule has 2 aromatic carbocycles. The van der Waals surface area contributed by atoms with E-state index < -0.39 is 0 Å². The smallest absolute Gasteiger partial charge is 0.137 e. The van der Waals surface area contributed by atoms with Crippen molar-refractivity contribution in [1.29, 1.82) is 0 Å². The third kappa shape index (κ3) is 3.58. The Hall–Kier alpha value is -1.39. The summed E-state index contributed by atoms with van der Waals surface area (Å²) in [6.07, 6.45) is 0. The maximum Gasteiger partial charge on any atom is 0.137 e. The fourth-order valence-corrected chi connectivity index (χ4v) is 2.53. The van der Waals surface area contributed by atoms with Gasteiger partial charge in [-0.1, -0.05) is 27.5 Å². The number of ether oxygens (including phenoxy) is 2. The van der Waals surface area contributed by atoms with Crippen molar-refractivity contribution >= 4 is 33.2 Å². The quantitative estimate of drug-likeness (QED) is 0.840. The van der Waals surface area contributed by atoms with Crippen LogP contribution in [0.25, 0.3) is 0 Å². The highest BCUT2D eigenvalue weighted by Gasteiger charge is 2.05. The van der Waals surface area contributed by atoms with Crippen LogP contribution in [0.4, 0.5) is 5.69 Å². The SMILES string of the molecule is COc1ccc(NCc2cc(Br)ccc2OC)cc1Cl. The molecule has 1 N–H and O–H groups in total. The van der Waals surface area contributed by atoms with Crippen molar-refractivity contribution in [2.75, 3.05) is 19.5 Å². The Kier molecular flexibility index (Phi) is 5.15. The summed E-state index contributed by atoms with van der Waals surface area (Å²) in [4.78, 5) is 0. The van der Waals surface area contributed by atoms with Gasteiger partial charge in [-0.05, 0) is 36.4 Å². The van der Waals surface area contributed by atoms with Crippen LogP contribution in [0.2, 0.25) is 5.02 Å². The number of hydrogen-bond donors (Lipinski definition) is 1. The molecule has 0 unspecified atom stereocenters. The summed E-state index contributed by atoms with van der Waals surface area (Å²) in [5, 5.41) is 3.90. The number of nitrogens with one attached hydrogen (secondary N) is 1. The first kappa shape index (κ1) is 15.0. The largest absolute Gasteiger partial charge is 0.496 e. The molecule has 3 nitrogen and oxygen atoms in total. The minimum Gasteiger partial charge on any atom is -0.496 e. The molecule has 5 heteroatoms. The monoisotopic (exact) mass is 355 g/mol. The van der Waals surface area contributed by atoms with E-state index in [0.717, 1.165) is 21.5 Å². The van der Waals surface area contributed by atoms with Crippen molar-refractivity contribution < 1.29 is 9.47 Å². The van der Waals surface area contributed by atoms with Gasteiger partial charge in [0, 0.05) is 22.3 Å². The topological polar surface area (TPSA) is 30.5 Å². The summed E-state index contributed by atoms with van der Waals surface area (Å²) >= 11 is 9.56. The number of benzene rings is 2. The van der Waals surface area contributed by atoms with E-state index in [1.807, 2.05) is 36.4 Å². The second kappa shape index (κ2) is 6.86. The van der Waals surface area contributed by atoms with Crippen LogP contribution in [-0.2, 0) is 6.54 Å². The number of halogens is 2. The number of hydrogen-bond acceptors (Lipinski definition) is 3. The van der Waals surface area contributed by atoms with Crippen LogP contribution in [0.1, 0.15) is 5.56 Å². The summed E-state index contributed by atoms with van der Waals surface area (Å²) in [6.45, 7) is 0.644. The first-order chi connectivity index (χ1) is 9.63. The van der Waals surface area contributed by atoms with Crippen molar-refractivity contribution in [2.45, 2.75) is 6.54 Å². The Bertz CT molecular complexity index is 604. The van der Waals surface area contributed by atoms with Crippen LogP contribution in [0, 0.1) is 0 Å². The lowest BCUT2D eigenvalue weighted by Crippen LogP contribution is -2.02. The number of anilines is 1. The van der Waals surface area contributed by atoms with Gasteiger partial charge in [0.05, 0.1) is 19.2 Å². The molecule has 0 atom stereocenters. The van der Waals surface area contributed by atoms with E-state index >= 15 is 0 Å². The highest BCUT2D eigenvalue weighted by molar-refractivity contribution is 9.10. The maximum absolute atomic E-state index is 6.10. The summed E-state index contributed by atoms with van der Waals surface area (Å²) in [6, 6.07) is 11.5. The van der Waals surface area contributed by atoms with Crippen molar-refractivity contribution in [1.82, 2.24) is 0 Å². The van der Waals surface area contributed by atoms with Crippen LogP contribution >= 0.6 is 27.5 Å². The second-order valence-corrected chi connectivity index (χ2v) is 5.48. The fourth-order valence-electron chi connectivity index (χ4n) is 1.86. The molecule has 0 amide bonds. The van der Waals surface area contributed by atoms with E-state index in [1.165, 1.54) is 0 Å². The van der Waals surface area contributed by atoms with Crippen molar-refractivity contribution in [3.63, 3.8) is 0 Å². The third-order valence-electron chi connectivity index (χ3n) is 2.88. The number of rotatable bonds is 5. The van der Waals surface area contributed by atoms with E-state index in [0.29, 0.717) is 17.3 Å². The standard InChI is InChI=1S/C15H15BrClNO2/c1-19-14-5-3-11(16)7-10(14)9-18-12-4-6-15(20-2)13(17)8-12/h3-8,18H,9H2,1-2H3. The van der Waals surface area contributed by atoms with Crippen LogP contribution in [-0.4, -0.2) is 14.2 Å². The fraction of sp³-hybridized carbons (Fsp3) is 0.200. The van der Waals surface area contributed by atoms with E-state index in [4.69, 9.17) is 21.1 Å². The summed E-state index contributed by atoms with van der Waals surface area (Å²) in [5.74, 6) is 1.51. The zero-order valence-electron chi connectivity index (χ0n) is 11.2. The molecule has 0 spiro atoms. The number of methoxy groups -OCH3 is 2. The molecule has 0 bridgehead atoms. The van der Waals surface area contributed by atoms with E-state index in [9.17, 15) is 0 Å². The Labute approximate surface area is 132 Å². The van der Waals surface area contributed by atoms with Crippen molar-refractivity contribution in [3.05, 3.63) is 51.5 Å². The summed E-state index contributed by atoms with van der Waals surface area (Å²) in [5.41, 5.74) is 1.99. The predicted octanol–water partition coefficient (Wildman–Crippen LogP) is 4.73. The molecule has 0 saturated carbocycles. The molecule has 0 aliphatic rings. The van der Waals surface area contributed by atoms with Gasteiger partial charge >= 0.3 is 0 Å². The molecule has 0 radical (unpaired) electrons. The minimum atomic E-state index is 0.582. The molecule has 0 aliphatic carbocycles. The maximum atomic E-state index is 6.10. The van der Waals surface area contributed by atoms with E-state index in [1.54, 1.807) is 14.2 Å². The highest BCUT2D eigenvalue weighted by atomic mass is 79.9. The molecule has 0 aliphatic heterocycles. The lowest BCUT2D eigenvalue weighted by Gasteiger charge is -2.12. The average Bonchev–Trinajstić information content (AvgIpc) is 2.45. The summed E-state index contributed by atoms with van der Waals surface area (Å²) < 4.78 is 11.5. The van der Waals surface area contributed by atoms with Gasteiger partial charge < -0.3 is 14.8 Å². The van der Waals surface area contributed by atoms with Gasteiger partial charge in [-0.3, -0.25) is 0 Å². The zero-order valence-corrected chi connectivity index (χ0v) is 13.6. The Morgan fingerprint density at radius 2 is 1.75 bits per heavy atom. The Morgan fingerprint density at radius 1 is 1.05 bits per heavy atom. The first-order valence-electron chi connectivity index (χ1n) is 6.04. The molecule has 106 valence electrons. The second-order valence-electron chi connectivity index (χ2n) is 4.16. The molecule has 0 heterocycles. The molecule has 20 heavy (non-hydrogen) atoms. The molecule has 0 saturated heterocycles. The van der Waals surface area contributed by atoms with Gasteiger partial charge in [0.25, 0.3) is 0 Å².